The van der Waals surface area contributed by atoms with Gasteiger partial charge in [0, 0.05) is 16.8 Å². The molecule has 0 spiro atoms. The lowest BCUT2D eigenvalue weighted by Gasteiger charge is -2.23. The summed E-state index contributed by atoms with van der Waals surface area (Å²) in [6, 6.07) is 13.6. The summed E-state index contributed by atoms with van der Waals surface area (Å²) in [7, 11) is 0. The highest BCUT2D eigenvalue weighted by atomic mass is 19.4. The van der Waals surface area contributed by atoms with Crippen molar-refractivity contribution < 1.29 is 32.5 Å². The van der Waals surface area contributed by atoms with Crippen LogP contribution in [0.2, 0.25) is 0 Å². The summed E-state index contributed by atoms with van der Waals surface area (Å²) in [5.74, 6) is -0.0357. The molecule has 0 saturated heterocycles. The van der Waals surface area contributed by atoms with E-state index in [1.54, 1.807) is 31.2 Å². The van der Waals surface area contributed by atoms with Gasteiger partial charge in [-0.25, -0.2) is 4.79 Å². The normalized spacial score (nSPS) is 12.8. The number of pyridine rings is 1. The highest BCUT2D eigenvalue weighted by Gasteiger charge is 2.31. The molecule has 0 fully saturated rings. The molecule has 0 aliphatic heterocycles. The van der Waals surface area contributed by atoms with Gasteiger partial charge in [0.2, 0.25) is 0 Å². The molecule has 1 heterocycles. The van der Waals surface area contributed by atoms with Crippen LogP contribution in [0.25, 0.3) is 11.3 Å². The third kappa shape index (κ3) is 5.68. The predicted octanol–water partition coefficient (Wildman–Crippen LogP) is 6.77. The number of carbonyl (C=O) groups is 1. The predicted molar refractivity (Wildman–Crippen MR) is 122 cm³/mol. The average Bonchev–Trinajstić information content (AvgIpc) is 2.74. The Bertz CT molecular complexity index is 1190. The Morgan fingerprint density at radius 2 is 1.65 bits per heavy atom. The van der Waals surface area contributed by atoms with Gasteiger partial charge in [-0.2, -0.15) is 13.2 Å². The van der Waals surface area contributed by atoms with Crippen molar-refractivity contribution in [2.45, 2.75) is 52.5 Å². The minimum Gasteiger partial charge on any atom is -0.486 e. The minimum atomic E-state index is -4.38. The van der Waals surface area contributed by atoms with E-state index in [0.717, 1.165) is 23.3 Å². The smallest absolute Gasteiger partial charge is 0.416 e. The average molecular weight is 473 g/mol. The van der Waals surface area contributed by atoms with Crippen molar-refractivity contribution in [1.29, 1.82) is 0 Å². The number of aromatic nitrogens is 1. The summed E-state index contributed by atoms with van der Waals surface area (Å²) in [5.41, 5.74) is 1.35. The monoisotopic (exact) mass is 473 g/mol. The van der Waals surface area contributed by atoms with Gasteiger partial charge in [-0.15, -0.1) is 0 Å². The largest absolute Gasteiger partial charge is 0.486 e. The number of carboxylic acids is 1. The molecule has 8 heteroatoms. The lowest BCUT2D eigenvalue weighted by Crippen LogP contribution is -2.38. The minimum absolute atomic E-state index is 0.351. The number of hydrogen-bond acceptors (Lipinski definition) is 4. The van der Waals surface area contributed by atoms with Crippen molar-refractivity contribution >= 4 is 5.97 Å². The van der Waals surface area contributed by atoms with Crippen LogP contribution in [0, 0.1) is 13.8 Å². The van der Waals surface area contributed by atoms with Gasteiger partial charge in [0.05, 0.1) is 11.3 Å². The number of benzene rings is 2. The molecule has 0 radical (unpaired) electrons. The molecule has 3 rings (SSSR count). The molecule has 5 nitrogen and oxygen atoms in total. The first-order valence-electron chi connectivity index (χ1n) is 10.6. The summed E-state index contributed by atoms with van der Waals surface area (Å²) >= 11 is 0. The maximum Gasteiger partial charge on any atom is 0.416 e. The van der Waals surface area contributed by atoms with Crippen molar-refractivity contribution in [3.05, 3.63) is 77.0 Å². The number of hydrogen-bond donors (Lipinski definition) is 1. The fourth-order valence-electron chi connectivity index (χ4n) is 3.39. The Kier molecular flexibility index (Phi) is 6.91. The zero-order valence-electron chi connectivity index (χ0n) is 19.5. The van der Waals surface area contributed by atoms with E-state index in [4.69, 9.17) is 9.47 Å². The van der Waals surface area contributed by atoms with E-state index in [9.17, 15) is 23.1 Å². The Labute approximate surface area is 196 Å². The Balaban J connectivity index is 1.75. The second-order valence-electron chi connectivity index (χ2n) is 8.55. The summed E-state index contributed by atoms with van der Waals surface area (Å²) < 4.78 is 50.1. The molecule has 0 aliphatic rings. The second-order valence-corrected chi connectivity index (χ2v) is 8.55. The molecule has 2 aromatic carbocycles. The topological polar surface area (TPSA) is 68.7 Å². The van der Waals surface area contributed by atoms with Crippen LogP contribution in [0.1, 0.15) is 49.3 Å². The van der Waals surface area contributed by atoms with Crippen molar-refractivity contribution in [2.75, 3.05) is 0 Å². The molecule has 3 aromatic rings. The van der Waals surface area contributed by atoms with Gasteiger partial charge in [-0.05, 0) is 76.6 Å². The molecule has 1 atom stereocenters. The fraction of sp³-hybridized carbons (Fsp3) is 0.308. The maximum absolute atomic E-state index is 12.8. The molecule has 180 valence electrons. The molecule has 0 bridgehead atoms. The zero-order chi connectivity index (χ0) is 25.3. The molecular formula is C26H26F3NO4. The van der Waals surface area contributed by atoms with Crippen molar-refractivity contribution in [2.24, 2.45) is 0 Å². The number of aryl methyl sites for hydroxylation is 2. The molecule has 0 saturated carbocycles. The summed E-state index contributed by atoms with van der Waals surface area (Å²) in [6.45, 7) is 8.45. The Morgan fingerprint density at radius 3 is 2.18 bits per heavy atom. The van der Waals surface area contributed by atoms with Crippen molar-refractivity contribution in [1.82, 2.24) is 4.98 Å². The Morgan fingerprint density at radius 1 is 1.00 bits per heavy atom. The molecule has 1 N–H and O–H groups in total. The third-order valence-corrected chi connectivity index (χ3v) is 5.41. The summed E-state index contributed by atoms with van der Waals surface area (Å²) in [6.07, 6.45) is -4.73. The summed E-state index contributed by atoms with van der Waals surface area (Å²) in [5, 5.41) is 9.25. The Hall–Kier alpha value is -3.55. The number of alkyl halides is 3. The van der Waals surface area contributed by atoms with Gasteiger partial charge in [-0.3, -0.25) is 4.98 Å². The van der Waals surface area contributed by atoms with E-state index in [1.165, 1.54) is 26.0 Å². The number of nitrogens with zero attached hydrogens (tertiary/aromatic N) is 1. The first-order valence-corrected chi connectivity index (χ1v) is 10.6. The SMILES string of the molecule is Cc1cc(OC(C)c2ccc(-c3ccc(C(F)(F)F)cc3)nc2C)ccc1OC(C)(C)C(=O)O. The van der Waals surface area contributed by atoms with Crippen LogP contribution >= 0.6 is 0 Å². The van der Waals surface area contributed by atoms with E-state index < -0.39 is 23.3 Å². The first kappa shape index (κ1) is 25.1. The summed E-state index contributed by atoms with van der Waals surface area (Å²) in [4.78, 5) is 15.9. The highest BCUT2D eigenvalue weighted by molar-refractivity contribution is 5.76. The van der Waals surface area contributed by atoms with Crippen LogP contribution < -0.4 is 9.47 Å². The number of carboxylic acid groups (broad SMARTS) is 1. The lowest BCUT2D eigenvalue weighted by molar-refractivity contribution is -0.152. The van der Waals surface area contributed by atoms with Gasteiger partial charge >= 0.3 is 12.1 Å². The van der Waals surface area contributed by atoms with Gasteiger partial charge in [0.15, 0.2) is 5.60 Å². The van der Waals surface area contributed by atoms with Crippen LogP contribution in [-0.4, -0.2) is 21.7 Å². The van der Waals surface area contributed by atoms with Gasteiger partial charge in [-0.1, -0.05) is 18.2 Å². The fourth-order valence-corrected chi connectivity index (χ4v) is 3.39. The van der Waals surface area contributed by atoms with E-state index in [1.807, 2.05) is 19.9 Å². The maximum atomic E-state index is 12.8. The quantitative estimate of drug-likeness (QED) is 0.410. The van der Waals surface area contributed by atoms with Crippen LogP contribution in [-0.2, 0) is 11.0 Å². The van der Waals surface area contributed by atoms with Gasteiger partial charge < -0.3 is 14.6 Å². The molecule has 0 aliphatic carbocycles. The van der Waals surface area contributed by atoms with Crippen molar-refractivity contribution in [3.8, 4) is 22.8 Å². The molecule has 1 aromatic heterocycles. The number of aliphatic carboxylic acids is 1. The van der Waals surface area contributed by atoms with E-state index >= 15 is 0 Å². The standard InChI is InChI=1S/C26H26F3NO4/c1-15-14-20(10-13-23(15)34-25(4,5)24(31)32)33-17(3)21-11-12-22(30-16(21)2)18-6-8-19(9-7-18)26(27,28)29/h6-14,17H,1-5H3,(H,31,32). The lowest BCUT2D eigenvalue weighted by atomic mass is 10.0. The second kappa shape index (κ2) is 9.37. The van der Waals surface area contributed by atoms with Crippen LogP contribution in [0.3, 0.4) is 0 Å². The van der Waals surface area contributed by atoms with Crippen LogP contribution in [0.15, 0.2) is 54.6 Å². The third-order valence-electron chi connectivity index (χ3n) is 5.41. The zero-order valence-corrected chi connectivity index (χ0v) is 19.5. The molecule has 1 unspecified atom stereocenters. The molecule has 0 amide bonds. The number of halogens is 3. The van der Waals surface area contributed by atoms with Gasteiger partial charge in [0.25, 0.3) is 0 Å². The van der Waals surface area contributed by atoms with Crippen LogP contribution in [0.4, 0.5) is 13.2 Å². The first-order chi connectivity index (χ1) is 15.8. The van der Waals surface area contributed by atoms with E-state index in [2.05, 4.69) is 4.98 Å². The molecule has 34 heavy (non-hydrogen) atoms. The highest BCUT2D eigenvalue weighted by Crippen LogP contribution is 2.32. The van der Waals surface area contributed by atoms with Gasteiger partial charge in [0.1, 0.15) is 17.6 Å². The van der Waals surface area contributed by atoms with Crippen LogP contribution in [0.5, 0.6) is 11.5 Å². The number of ether oxygens (including phenoxy) is 2. The van der Waals surface area contributed by atoms with E-state index in [0.29, 0.717) is 28.5 Å². The molecular weight excluding hydrogens is 447 g/mol. The number of rotatable bonds is 7. The van der Waals surface area contributed by atoms with E-state index in [-0.39, 0.29) is 6.10 Å². The van der Waals surface area contributed by atoms with Crippen molar-refractivity contribution in [3.63, 3.8) is 0 Å².